The molecule has 1 saturated heterocycles. The number of carbonyl (C=O) groups is 1. The van der Waals surface area contributed by atoms with E-state index in [1.54, 1.807) is 7.11 Å². The van der Waals surface area contributed by atoms with Gasteiger partial charge in [0.05, 0.1) is 6.04 Å². The third-order valence-corrected chi connectivity index (χ3v) is 2.70. The number of amides is 1. The molecule has 0 spiro atoms. The Morgan fingerprint density at radius 3 is 3.13 bits per heavy atom. The van der Waals surface area contributed by atoms with Gasteiger partial charge in [-0.2, -0.15) is 0 Å². The highest BCUT2D eigenvalue weighted by molar-refractivity contribution is 5.81. The van der Waals surface area contributed by atoms with Crippen molar-refractivity contribution in [2.24, 2.45) is 5.92 Å². The Labute approximate surface area is 91.8 Å². The maximum atomic E-state index is 11.6. The lowest BCUT2D eigenvalue weighted by Gasteiger charge is -2.18. The molecule has 0 bridgehead atoms. The second kappa shape index (κ2) is 6.80. The molecule has 15 heavy (non-hydrogen) atoms. The minimum Gasteiger partial charge on any atom is -0.384 e. The largest absolute Gasteiger partial charge is 0.384 e. The van der Waals surface area contributed by atoms with Gasteiger partial charge in [0.25, 0.3) is 0 Å². The predicted molar refractivity (Wildman–Crippen MR) is 59.7 cm³/mol. The van der Waals surface area contributed by atoms with Crippen molar-refractivity contribution in [1.82, 2.24) is 10.6 Å². The van der Waals surface area contributed by atoms with E-state index >= 15 is 0 Å². The van der Waals surface area contributed by atoms with Gasteiger partial charge in [0, 0.05) is 26.8 Å². The lowest BCUT2D eigenvalue weighted by Crippen LogP contribution is -2.44. The second-order valence-electron chi connectivity index (χ2n) is 4.31. The Hall–Kier alpha value is -0.610. The van der Waals surface area contributed by atoms with Gasteiger partial charge in [-0.1, -0.05) is 6.92 Å². The fraction of sp³-hybridized carbons (Fsp3) is 0.909. The zero-order chi connectivity index (χ0) is 11.1. The predicted octanol–water partition coefficient (Wildman–Crippen LogP) is 0.527. The Bertz CT molecular complexity index is 197. The van der Waals surface area contributed by atoms with E-state index in [9.17, 15) is 4.79 Å². The van der Waals surface area contributed by atoms with Crippen LogP contribution in [0.1, 0.15) is 26.2 Å². The van der Waals surface area contributed by atoms with Gasteiger partial charge < -0.3 is 15.4 Å². The summed E-state index contributed by atoms with van der Waals surface area (Å²) in [5, 5.41) is 6.22. The van der Waals surface area contributed by atoms with Gasteiger partial charge in [0.1, 0.15) is 0 Å². The van der Waals surface area contributed by atoms with Crippen molar-refractivity contribution in [2.75, 3.05) is 26.8 Å². The Balaban J connectivity index is 2.26. The molecule has 0 saturated carbocycles. The van der Waals surface area contributed by atoms with Crippen LogP contribution < -0.4 is 10.6 Å². The van der Waals surface area contributed by atoms with Crippen LogP contribution in [-0.2, 0) is 9.53 Å². The SMILES string of the molecule is COCC(C)CNC1CCCCNC1=O. The van der Waals surface area contributed by atoms with Crippen molar-refractivity contribution in [3.63, 3.8) is 0 Å². The van der Waals surface area contributed by atoms with Gasteiger partial charge in [-0.05, 0) is 25.2 Å². The van der Waals surface area contributed by atoms with E-state index in [0.717, 1.165) is 39.0 Å². The number of carbonyl (C=O) groups excluding carboxylic acids is 1. The van der Waals surface area contributed by atoms with Crippen LogP contribution in [0.5, 0.6) is 0 Å². The summed E-state index contributed by atoms with van der Waals surface area (Å²) in [7, 11) is 1.70. The minimum atomic E-state index is -0.00759. The van der Waals surface area contributed by atoms with Gasteiger partial charge in [0.15, 0.2) is 0 Å². The van der Waals surface area contributed by atoms with Crippen molar-refractivity contribution in [2.45, 2.75) is 32.2 Å². The number of methoxy groups -OCH3 is 1. The van der Waals surface area contributed by atoms with Crippen LogP contribution in [0.2, 0.25) is 0 Å². The fourth-order valence-electron chi connectivity index (χ4n) is 1.82. The molecule has 0 radical (unpaired) electrons. The molecular formula is C11H22N2O2. The van der Waals surface area contributed by atoms with Crippen LogP contribution >= 0.6 is 0 Å². The van der Waals surface area contributed by atoms with E-state index in [2.05, 4.69) is 17.6 Å². The first-order valence-corrected chi connectivity index (χ1v) is 5.74. The van der Waals surface area contributed by atoms with Gasteiger partial charge >= 0.3 is 0 Å². The lowest BCUT2D eigenvalue weighted by atomic mass is 10.1. The van der Waals surface area contributed by atoms with Crippen molar-refractivity contribution < 1.29 is 9.53 Å². The van der Waals surface area contributed by atoms with Crippen LogP contribution in [0, 0.1) is 5.92 Å². The maximum absolute atomic E-state index is 11.6. The minimum absolute atomic E-state index is 0.00759. The molecule has 4 heteroatoms. The van der Waals surface area contributed by atoms with Crippen molar-refractivity contribution in [3.8, 4) is 0 Å². The van der Waals surface area contributed by atoms with E-state index < -0.39 is 0 Å². The van der Waals surface area contributed by atoms with E-state index in [4.69, 9.17) is 4.74 Å². The Kier molecular flexibility index (Phi) is 5.65. The summed E-state index contributed by atoms with van der Waals surface area (Å²) in [5.74, 6) is 0.600. The molecule has 2 unspecified atom stereocenters. The molecule has 1 fully saturated rings. The first-order valence-electron chi connectivity index (χ1n) is 5.74. The molecule has 0 aromatic rings. The fourth-order valence-corrected chi connectivity index (χ4v) is 1.82. The molecule has 1 amide bonds. The third kappa shape index (κ3) is 4.62. The van der Waals surface area contributed by atoms with Gasteiger partial charge in [-0.3, -0.25) is 4.79 Å². The smallest absolute Gasteiger partial charge is 0.237 e. The number of ether oxygens (including phenoxy) is 1. The molecule has 1 aliphatic heterocycles. The zero-order valence-electron chi connectivity index (χ0n) is 9.71. The van der Waals surface area contributed by atoms with Crippen LogP contribution in [0.25, 0.3) is 0 Å². The Morgan fingerprint density at radius 1 is 1.60 bits per heavy atom. The molecule has 1 heterocycles. The van der Waals surface area contributed by atoms with E-state index in [1.807, 2.05) is 0 Å². The van der Waals surface area contributed by atoms with E-state index in [0.29, 0.717) is 5.92 Å². The summed E-state index contributed by atoms with van der Waals surface area (Å²) in [6, 6.07) is -0.00759. The summed E-state index contributed by atoms with van der Waals surface area (Å²) < 4.78 is 5.05. The molecule has 0 aliphatic carbocycles. The highest BCUT2D eigenvalue weighted by Gasteiger charge is 2.20. The third-order valence-electron chi connectivity index (χ3n) is 2.70. The highest BCUT2D eigenvalue weighted by atomic mass is 16.5. The van der Waals surface area contributed by atoms with Crippen LogP contribution in [0.4, 0.5) is 0 Å². The molecule has 0 aromatic heterocycles. The number of hydrogen-bond acceptors (Lipinski definition) is 3. The quantitative estimate of drug-likeness (QED) is 0.702. The summed E-state index contributed by atoms with van der Waals surface area (Å²) >= 11 is 0. The summed E-state index contributed by atoms with van der Waals surface area (Å²) in [4.78, 5) is 11.6. The normalized spacial score (nSPS) is 24.4. The van der Waals surface area contributed by atoms with Gasteiger partial charge in [0.2, 0.25) is 5.91 Å². The molecule has 88 valence electrons. The molecule has 0 aromatic carbocycles. The standard InChI is InChI=1S/C11H22N2O2/c1-9(8-15-2)7-13-10-5-3-4-6-12-11(10)14/h9-10,13H,3-8H2,1-2H3,(H,12,14). The average molecular weight is 214 g/mol. The van der Waals surface area contributed by atoms with Crippen molar-refractivity contribution in [1.29, 1.82) is 0 Å². The summed E-state index contributed by atoms with van der Waals surface area (Å²) in [6.45, 7) is 4.52. The van der Waals surface area contributed by atoms with E-state index in [-0.39, 0.29) is 11.9 Å². The molecule has 4 nitrogen and oxygen atoms in total. The number of rotatable bonds is 5. The lowest BCUT2D eigenvalue weighted by molar-refractivity contribution is -0.122. The van der Waals surface area contributed by atoms with Crippen LogP contribution in [0.3, 0.4) is 0 Å². The molecular weight excluding hydrogens is 192 g/mol. The monoisotopic (exact) mass is 214 g/mol. The van der Waals surface area contributed by atoms with Gasteiger partial charge in [-0.15, -0.1) is 0 Å². The van der Waals surface area contributed by atoms with Crippen LogP contribution in [-0.4, -0.2) is 38.8 Å². The number of nitrogens with one attached hydrogen (secondary N) is 2. The zero-order valence-corrected chi connectivity index (χ0v) is 9.71. The van der Waals surface area contributed by atoms with Crippen molar-refractivity contribution >= 4 is 5.91 Å². The first kappa shape index (κ1) is 12.5. The molecule has 1 aliphatic rings. The second-order valence-corrected chi connectivity index (χ2v) is 4.31. The summed E-state index contributed by atoms with van der Waals surface area (Å²) in [5.41, 5.74) is 0. The highest BCUT2D eigenvalue weighted by Crippen LogP contribution is 2.06. The van der Waals surface area contributed by atoms with Crippen molar-refractivity contribution in [3.05, 3.63) is 0 Å². The number of hydrogen-bond donors (Lipinski definition) is 2. The molecule has 2 N–H and O–H groups in total. The maximum Gasteiger partial charge on any atom is 0.237 e. The average Bonchev–Trinajstić information content (AvgIpc) is 2.41. The van der Waals surface area contributed by atoms with E-state index in [1.165, 1.54) is 0 Å². The molecule has 2 atom stereocenters. The van der Waals surface area contributed by atoms with Crippen LogP contribution in [0.15, 0.2) is 0 Å². The first-order chi connectivity index (χ1) is 7.24. The summed E-state index contributed by atoms with van der Waals surface area (Å²) in [6.07, 6.45) is 3.16. The topological polar surface area (TPSA) is 50.4 Å². The Morgan fingerprint density at radius 2 is 2.40 bits per heavy atom. The molecule has 1 rings (SSSR count). The van der Waals surface area contributed by atoms with Gasteiger partial charge in [-0.25, -0.2) is 0 Å².